The van der Waals surface area contributed by atoms with Crippen LogP contribution in [-0.2, 0) is 4.74 Å². The molecule has 23 heavy (non-hydrogen) atoms. The van der Waals surface area contributed by atoms with E-state index >= 15 is 0 Å². The Morgan fingerprint density at radius 2 is 2.04 bits per heavy atom. The largest absolute Gasteiger partial charge is 0.430 e. The minimum Gasteiger partial charge on any atom is -0.430 e. The quantitative estimate of drug-likeness (QED) is 0.838. The molecule has 1 unspecified atom stereocenters. The molecule has 2 aromatic rings. The molecule has 3 rings (SSSR count). The normalized spacial score (nSPS) is 17.8. The molecule has 7 heteroatoms. The number of nitrogens with one attached hydrogen (secondary N) is 1. The van der Waals surface area contributed by atoms with Crippen LogP contribution in [0.25, 0.3) is 0 Å². The van der Waals surface area contributed by atoms with Gasteiger partial charge in [-0.05, 0) is 12.8 Å². The lowest BCUT2D eigenvalue weighted by atomic mass is 9.93. The first kappa shape index (κ1) is 15.8. The number of anilines is 1. The number of nitrogens with zero attached hydrogens (tertiary/aromatic N) is 2. The first-order valence-electron chi connectivity index (χ1n) is 7.59. The van der Waals surface area contributed by atoms with Crippen LogP contribution in [0.5, 0.6) is 0 Å². The molecule has 0 bridgehead atoms. The van der Waals surface area contributed by atoms with Crippen LogP contribution < -0.4 is 5.73 Å². The lowest BCUT2D eigenvalue weighted by Crippen LogP contribution is -2.37. The number of carbonyl (C=O) groups is 1. The lowest BCUT2D eigenvalue weighted by Gasteiger charge is -2.36. The van der Waals surface area contributed by atoms with Crippen molar-refractivity contribution >= 4 is 22.8 Å². The SMILES string of the molecule is Nc1cc(C2CCN(C(OC(=O)Cl)c3ccccc3)CC2)[nH]n1. The average molecular weight is 335 g/mol. The van der Waals surface area contributed by atoms with Gasteiger partial charge in [0.2, 0.25) is 0 Å². The zero-order chi connectivity index (χ0) is 16.2. The number of piperidine rings is 1. The summed E-state index contributed by atoms with van der Waals surface area (Å²) in [6.45, 7) is 1.60. The molecule has 122 valence electrons. The number of benzene rings is 1. The number of halogens is 1. The molecule has 1 aliphatic heterocycles. The molecule has 0 aliphatic carbocycles. The molecule has 0 saturated carbocycles. The molecule has 0 radical (unpaired) electrons. The van der Waals surface area contributed by atoms with E-state index in [1.165, 1.54) is 0 Å². The van der Waals surface area contributed by atoms with Crippen LogP contribution in [0.2, 0.25) is 0 Å². The fourth-order valence-corrected chi connectivity index (χ4v) is 3.15. The van der Waals surface area contributed by atoms with E-state index in [1.807, 2.05) is 36.4 Å². The van der Waals surface area contributed by atoms with Gasteiger partial charge in [0.15, 0.2) is 6.23 Å². The monoisotopic (exact) mass is 334 g/mol. The molecular formula is C16H19ClN4O2. The topological polar surface area (TPSA) is 84.2 Å². The molecule has 1 aromatic heterocycles. The van der Waals surface area contributed by atoms with E-state index in [9.17, 15) is 4.79 Å². The molecule has 6 nitrogen and oxygen atoms in total. The van der Waals surface area contributed by atoms with Crippen molar-refractivity contribution in [3.8, 4) is 0 Å². The number of aromatic amines is 1. The smallest absolute Gasteiger partial charge is 0.405 e. The standard InChI is InChI=1S/C16H19ClN4O2/c17-16(22)23-15(12-4-2-1-3-5-12)21-8-6-11(7-9-21)13-10-14(18)20-19-13/h1-5,10-11,15H,6-9H2,(H3,18,19,20). The average Bonchev–Trinajstić information content (AvgIpc) is 3.00. The molecular weight excluding hydrogens is 316 g/mol. The zero-order valence-corrected chi connectivity index (χ0v) is 13.4. The Labute approximate surface area is 139 Å². The van der Waals surface area contributed by atoms with Gasteiger partial charge in [0.05, 0.1) is 0 Å². The maximum atomic E-state index is 11.2. The van der Waals surface area contributed by atoms with Crippen LogP contribution in [-0.4, -0.2) is 33.6 Å². The number of hydrogen-bond acceptors (Lipinski definition) is 5. The molecule has 1 saturated heterocycles. The number of rotatable bonds is 4. The van der Waals surface area contributed by atoms with Crippen LogP contribution in [0.4, 0.5) is 10.6 Å². The molecule has 1 aromatic carbocycles. The Kier molecular flexibility index (Phi) is 4.83. The second-order valence-electron chi connectivity index (χ2n) is 5.68. The number of carbonyl (C=O) groups excluding carboxylic acids is 1. The minimum atomic E-state index is -0.790. The van der Waals surface area contributed by atoms with Crippen molar-refractivity contribution in [2.24, 2.45) is 0 Å². The van der Waals surface area contributed by atoms with Crippen molar-refractivity contribution in [2.75, 3.05) is 18.8 Å². The maximum absolute atomic E-state index is 11.2. The minimum absolute atomic E-state index is 0.388. The summed E-state index contributed by atoms with van der Waals surface area (Å²) >= 11 is 5.45. The third kappa shape index (κ3) is 3.83. The van der Waals surface area contributed by atoms with Gasteiger partial charge in [-0.2, -0.15) is 5.10 Å². The molecule has 1 fully saturated rings. The number of H-pyrrole nitrogens is 1. The van der Waals surface area contributed by atoms with Crippen LogP contribution in [0, 0.1) is 0 Å². The van der Waals surface area contributed by atoms with Crippen molar-refractivity contribution in [1.29, 1.82) is 0 Å². The summed E-state index contributed by atoms with van der Waals surface area (Å²) in [6.07, 6.45) is 1.42. The highest BCUT2D eigenvalue weighted by atomic mass is 35.5. The van der Waals surface area contributed by atoms with Crippen molar-refractivity contribution in [3.63, 3.8) is 0 Å². The maximum Gasteiger partial charge on any atom is 0.405 e. The van der Waals surface area contributed by atoms with Crippen molar-refractivity contribution < 1.29 is 9.53 Å². The summed E-state index contributed by atoms with van der Waals surface area (Å²) < 4.78 is 5.33. The van der Waals surface area contributed by atoms with Gasteiger partial charge in [0, 0.05) is 47.9 Å². The molecule has 2 heterocycles. The van der Waals surface area contributed by atoms with Crippen molar-refractivity contribution in [2.45, 2.75) is 25.0 Å². The van der Waals surface area contributed by atoms with Gasteiger partial charge < -0.3 is 10.5 Å². The number of hydrogen-bond donors (Lipinski definition) is 2. The molecule has 0 spiro atoms. The van der Waals surface area contributed by atoms with E-state index < -0.39 is 11.7 Å². The Bertz CT molecular complexity index is 653. The Morgan fingerprint density at radius 1 is 1.35 bits per heavy atom. The van der Waals surface area contributed by atoms with Crippen LogP contribution in [0.1, 0.15) is 36.2 Å². The van der Waals surface area contributed by atoms with Crippen LogP contribution in [0.3, 0.4) is 0 Å². The predicted octanol–water partition coefficient (Wildman–Crippen LogP) is 3.25. The van der Waals surface area contributed by atoms with Crippen LogP contribution >= 0.6 is 11.6 Å². The zero-order valence-electron chi connectivity index (χ0n) is 12.6. The number of nitrogen functional groups attached to an aromatic ring is 1. The summed E-state index contributed by atoms with van der Waals surface area (Å²) in [5, 5.41) is 6.97. The first-order valence-corrected chi connectivity index (χ1v) is 7.97. The van der Waals surface area contributed by atoms with Gasteiger partial charge in [-0.25, -0.2) is 4.79 Å². The molecule has 0 amide bonds. The first-order chi connectivity index (χ1) is 11.1. The summed E-state index contributed by atoms with van der Waals surface area (Å²) in [5.74, 6) is 0.903. The third-order valence-corrected chi connectivity index (χ3v) is 4.30. The second kappa shape index (κ2) is 7.02. The Balaban J connectivity index is 1.69. The van der Waals surface area contributed by atoms with Crippen LogP contribution in [0.15, 0.2) is 36.4 Å². The van der Waals surface area contributed by atoms with E-state index in [4.69, 9.17) is 22.1 Å². The lowest BCUT2D eigenvalue weighted by molar-refractivity contribution is -0.0178. The van der Waals surface area contributed by atoms with Gasteiger partial charge in [-0.3, -0.25) is 10.00 Å². The Morgan fingerprint density at radius 3 is 2.61 bits per heavy atom. The molecule has 1 atom stereocenters. The number of nitrogens with two attached hydrogens (primary N) is 1. The van der Waals surface area contributed by atoms with E-state index in [-0.39, 0.29) is 0 Å². The highest BCUT2D eigenvalue weighted by Crippen LogP contribution is 2.32. The number of aromatic nitrogens is 2. The summed E-state index contributed by atoms with van der Waals surface area (Å²) in [7, 11) is 0. The van der Waals surface area contributed by atoms with Gasteiger partial charge in [-0.1, -0.05) is 30.3 Å². The Hall–Kier alpha value is -2.05. The summed E-state index contributed by atoms with van der Waals surface area (Å²) in [5.41, 5.74) is 6.86. The summed E-state index contributed by atoms with van der Waals surface area (Å²) in [6, 6.07) is 11.5. The highest BCUT2D eigenvalue weighted by molar-refractivity contribution is 6.61. The molecule has 3 N–H and O–H groups in total. The molecule has 1 aliphatic rings. The van der Waals surface area contributed by atoms with Crippen molar-refractivity contribution in [3.05, 3.63) is 47.7 Å². The number of likely N-dealkylation sites (tertiary alicyclic amines) is 1. The van der Waals surface area contributed by atoms with Gasteiger partial charge in [0.1, 0.15) is 5.82 Å². The van der Waals surface area contributed by atoms with Gasteiger partial charge in [-0.15, -0.1) is 0 Å². The number of ether oxygens (including phenoxy) is 1. The van der Waals surface area contributed by atoms with Gasteiger partial charge >= 0.3 is 5.43 Å². The second-order valence-corrected chi connectivity index (χ2v) is 5.99. The van der Waals surface area contributed by atoms with E-state index in [2.05, 4.69) is 15.1 Å². The van der Waals surface area contributed by atoms with Gasteiger partial charge in [0.25, 0.3) is 0 Å². The fraction of sp³-hybridized carbons (Fsp3) is 0.375. The highest BCUT2D eigenvalue weighted by Gasteiger charge is 2.29. The van der Waals surface area contributed by atoms with E-state index in [0.717, 1.165) is 37.2 Å². The third-order valence-electron chi connectivity index (χ3n) is 4.21. The fourth-order valence-electron chi connectivity index (χ4n) is 3.07. The van der Waals surface area contributed by atoms with Crippen molar-refractivity contribution in [1.82, 2.24) is 15.1 Å². The van der Waals surface area contributed by atoms with E-state index in [1.54, 1.807) is 0 Å². The summed E-state index contributed by atoms with van der Waals surface area (Å²) in [4.78, 5) is 13.4. The van der Waals surface area contributed by atoms with E-state index in [0.29, 0.717) is 11.7 Å². The predicted molar refractivity (Wildman–Crippen MR) is 88.1 cm³/mol.